The van der Waals surface area contributed by atoms with Gasteiger partial charge in [0, 0.05) is 25.6 Å². The molecule has 140 valence electrons. The molecular weight excluding hydrogens is 344 g/mol. The highest BCUT2D eigenvalue weighted by Gasteiger charge is 2.32. The Morgan fingerprint density at radius 3 is 2.63 bits per heavy atom. The monoisotopic (exact) mass is 366 g/mol. The summed E-state index contributed by atoms with van der Waals surface area (Å²) in [6, 6.07) is 15.4. The van der Waals surface area contributed by atoms with E-state index in [1.165, 1.54) is 4.57 Å². The molecule has 1 aliphatic carbocycles. The van der Waals surface area contributed by atoms with Crippen molar-refractivity contribution in [2.75, 3.05) is 7.11 Å². The van der Waals surface area contributed by atoms with E-state index in [4.69, 9.17) is 9.15 Å². The number of hydrogen-bond donors (Lipinski definition) is 0. The second-order valence-corrected chi connectivity index (χ2v) is 6.84. The first kappa shape index (κ1) is 17.4. The zero-order valence-corrected chi connectivity index (χ0v) is 15.3. The van der Waals surface area contributed by atoms with Crippen molar-refractivity contribution < 1.29 is 13.9 Å². The highest BCUT2D eigenvalue weighted by molar-refractivity contribution is 5.77. The summed E-state index contributed by atoms with van der Waals surface area (Å²) in [5, 5.41) is 0. The van der Waals surface area contributed by atoms with Gasteiger partial charge in [0.05, 0.1) is 12.6 Å². The van der Waals surface area contributed by atoms with Crippen molar-refractivity contribution in [1.82, 2.24) is 9.47 Å². The van der Waals surface area contributed by atoms with E-state index in [1.54, 1.807) is 13.2 Å². The van der Waals surface area contributed by atoms with Gasteiger partial charge in [0.1, 0.15) is 5.75 Å². The summed E-state index contributed by atoms with van der Waals surface area (Å²) in [5.74, 6) is 0.442. The van der Waals surface area contributed by atoms with Gasteiger partial charge in [0.2, 0.25) is 5.91 Å². The van der Waals surface area contributed by atoms with Crippen molar-refractivity contribution in [3.63, 3.8) is 0 Å². The molecule has 0 N–H and O–H groups in total. The van der Waals surface area contributed by atoms with Gasteiger partial charge >= 0.3 is 5.76 Å². The van der Waals surface area contributed by atoms with Gasteiger partial charge in [-0.05, 0) is 42.7 Å². The number of carbonyl (C=O) groups excluding carboxylic acids is 1. The lowest BCUT2D eigenvalue weighted by Gasteiger charge is -2.23. The quantitative estimate of drug-likeness (QED) is 0.644. The summed E-state index contributed by atoms with van der Waals surface area (Å²) < 4.78 is 12.0. The summed E-state index contributed by atoms with van der Waals surface area (Å²) in [7, 11) is 1.64. The molecule has 1 saturated carbocycles. The van der Waals surface area contributed by atoms with E-state index in [9.17, 15) is 9.59 Å². The number of nitrogens with zero attached hydrogens (tertiary/aromatic N) is 2. The van der Waals surface area contributed by atoms with Crippen LogP contribution in [-0.4, -0.2) is 28.5 Å². The summed E-state index contributed by atoms with van der Waals surface area (Å²) in [5.41, 5.74) is 2.35. The maximum Gasteiger partial charge on any atom is 0.419 e. The number of para-hydroxylation sites is 2. The van der Waals surface area contributed by atoms with E-state index in [-0.39, 0.29) is 12.3 Å². The smallest absolute Gasteiger partial charge is 0.419 e. The Kier molecular flexibility index (Phi) is 4.71. The first-order valence-electron chi connectivity index (χ1n) is 9.16. The molecule has 27 heavy (non-hydrogen) atoms. The molecule has 4 rings (SSSR count). The molecule has 6 nitrogen and oxygen atoms in total. The minimum absolute atomic E-state index is 0.0606. The number of rotatable bonds is 7. The van der Waals surface area contributed by atoms with E-state index in [2.05, 4.69) is 0 Å². The highest BCUT2D eigenvalue weighted by Crippen LogP contribution is 2.29. The van der Waals surface area contributed by atoms with Crippen LogP contribution < -0.4 is 10.5 Å². The number of oxazole rings is 1. The van der Waals surface area contributed by atoms with Gasteiger partial charge in [0.15, 0.2) is 5.58 Å². The van der Waals surface area contributed by atoms with Crippen LogP contribution in [0.2, 0.25) is 0 Å². The second-order valence-electron chi connectivity index (χ2n) is 6.84. The molecule has 2 aromatic carbocycles. The van der Waals surface area contributed by atoms with Crippen LogP contribution in [-0.2, 0) is 17.9 Å². The molecule has 1 aromatic heterocycles. The molecule has 0 radical (unpaired) electrons. The Labute approximate surface area is 157 Å². The van der Waals surface area contributed by atoms with Crippen LogP contribution in [0.25, 0.3) is 11.1 Å². The zero-order valence-electron chi connectivity index (χ0n) is 15.3. The Morgan fingerprint density at radius 2 is 1.93 bits per heavy atom. The fraction of sp³-hybridized carbons (Fsp3) is 0.333. The normalized spacial score (nSPS) is 13.7. The van der Waals surface area contributed by atoms with Gasteiger partial charge in [0.25, 0.3) is 0 Å². The Hall–Kier alpha value is -3.02. The molecule has 1 aliphatic rings. The lowest BCUT2D eigenvalue weighted by Crippen LogP contribution is -2.33. The minimum atomic E-state index is -0.419. The van der Waals surface area contributed by atoms with Crippen LogP contribution in [0.4, 0.5) is 0 Å². The van der Waals surface area contributed by atoms with E-state index in [0.29, 0.717) is 24.7 Å². The largest absolute Gasteiger partial charge is 0.497 e. The van der Waals surface area contributed by atoms with Crippen LogP contribution in [0.15, 0.2) is 57.7 Å². The van der Waals surface area contributed by atoms with Gasteiger partial charge in [-0.15, -0.1) is 0 Å². The Morgan fingerprint density at radius 1 is 1.19 bits per heavy atom. The fourth-order valence-electron chi connectivity index (χ4n) is 3.31. The molecular formula is C21H22N2O4. The number of fused-ring (bicyclic) bond motifs is 1. The van der Waals surface area contributed by atoms with E-state index < -0.39 is 5.76 Å². The van der Waals surface area contributed by atoms with E-state index in [0.717, 1.165) is 29.7 Å². The predicted molar refractivity (Wildman–Crippen MR) is 102 cm³/mol. The molecule has 1 fully saturated rings. The van der Waals surface area contributed by atoms with Crippen LogP contribution in [0.1, 0.15) is 24.8 Å². The minimum Gasteiger partial charge on any atom is -0.497 e. The average Bonchev–Trinajstić information content (AvgIpc) is 3.47. The molecule has 0 unspecified atom stereocenters. The highest BCUT2D eigenvalue weighted by atomic mass is 16.5. The summed E-state index contributed by atoms with van der Waals surface area (Å²) in [4.78, 5) is 26.9. The van der Waals surface area contributed by atoms with Gasteiger partial charge in [-0.3, -0.25) is 9.36 Å². The van der Waals surface area contributed by atoms with E-state index >= 15 is 0 Å². The molecule has 0 aliphatic heterocycles. The first-order chi connectivity index (χ1) is 13.2. The molecule has 0 atom stereocenters. The van der Waals surface area contributed by atoms with Crippen molar-refractivity contribution in [2.24, 2.45) is 0 Å². The lowest BCUT2D eigenvalue weighted by atomic mass is 10.2. The SMILES string of the molecule is COc1ccc(CN(C(=O)CCn2c(=O)oc3ccccc32)C2CC2)cc1. The van der Waals surface area contributed by atoms with Gasteiger partial charge in [-0.1, -0.05) is 24.3 Å². The van der Waals surface area contributed by atoms with Crippen LogP contribution in [0.3, 0.4) is 0 Å². The standard InChI is InChI=1S/C21H22N2O4/c1-26-17-10-6-15(7-11-17)14-23(16-8-9-16)20(24)12-13-22-18-4-2-3-5-19(18)27-21(22)25/h2-7,10-11,16H,8-9,12-14H2,1H3. The number of aryl methyl sites for hydroxylation is 1. The Bertz CT molecular complexity index is 999. The number of carbonyl (C=O) groups is 1. The van der Waals surface area contributed by atoms with E-state index in [1.807, 2.05) is 47.4 Å². The van der Waals surface area contributed by atoms with Crippen molar-refractivity contribution in [2.45, 2.75) is 38.4 Å². The Balaban J connectivity index is 1.46. The zero-order chi connectivity index (χ0) is 18.8. The number of methoxy groups -OCH3 is 1. The molecule has 0 spiro atoms. The predicted octanol–water partition coefficient (Wildman–Crippen LogP) is 3.18. The van der Waals surface area contributed by atoms with Crippen molar-refractivity contribution >= 4 is 17.0 Å². The fourth-order valence-corrected chi connectivity index (χ4v) is 3.31. The second kappa shape index (κ2) is 7.31. The molecule has 0 bridgehead atoms. The van der Waals surface area contributed by atoms with Crippen LogP contribution in [0.5, 0.6) is 5.75 Å². The van der Waals surface area contributed by atoms with Crippen molar-refractivity contribution in [1.29, 1.82) is 0 Å². The van der Waals surface area contributed by atoms with Crippen molar-refractivity contribution in [3.05, 3.63) is 64.6 Å². The van der Waals surface area contributed by atoms with Gasteiger partial charge in [-0.25, -0.2) is 4.79 Å². The van der Waals surface area contributed by atoms with Crippen molar-refractivity contribution in [3.8, 4) is 5.75 Å². The molecule has 0 saturated heterocycles. The summed E-state index contributed by atoms with van der Waals surface area (Å²) >= 11 is 0. The van der Waals surface area contributed by atoms with Gasteiger partial charge in [-0.2, -0.15) is 0 Å². The van der Waals surface area contributed by atoms with Gasteiger partial charge < -0.3 is 14.1 Å². The maximum absolute atomic E-state index is 12.8. The topological polar surface area (TPSA) is 64.7 Å². The summed E-state index contributed by atoms with van der Waals surface area (Å²) in [6.07, 6.45) is 2.35. The number of hydrogen-bond acceptors (Lipinski definition) is 4. The number of amides is 1. The first-order valence-corrected chi connectivity index (χ1v) is 9.16. The third-order valence-electron chi connectivity index (χ3n) is 4.94. The molecule has 3 aromatic rings. The van der Waals surface area contributed by atoms with Crippen LogP contribution in [0, 0.1) is 0 Å². The summed E-state index contributed by atoms with van der Waals surface area (Å²) in [6.45, 7) is 0.898. The molecule has 1 heterocycles. The molecule has 1 amide bonds. The average molecular weight is 366 g/mol. The third kappa shape index (κ3) is 3.74. The number of benzene rings is 2. The van der Waals surface area contributed by atoms with Crippen LogP contribution >= 0.6 is 0 Å². The lowest BCUT2D eigenvalue weighted by molar-refractivity contribution is -0.132. The molecule has 6 heteroatoms. The number of aromatic nitrogens is 1. The number of ether oxygens (including phenoxy) is 1. The third-order valence-corrected chi connectivity index (χ3v) is 4.94. The maximum atomic E-state index is 12.8.